The van der Waals surface area contributed by atoms with Gasteiger partial charge in [-0.3, -0.25) is 9.69 Å². The first-order valence-corrected chi connectivity index (χ1v) is 12.6. The lowest BCUT2D eigenvalue weighted by atomic mass is 10.2. The number of hydrogen-bond donors (Lipinski definition) is 1. The predicted octanol–water partition coefficient (Wildman–Crippen LogP) is 2.30. The highest BCUT2D eigenvalue weighted by Gasteiger charge is 2.30. The van der Waals surface area contributed by atoms with Crippen LogP contribution >= 0.6 is 0 Å². The highest BCUT2D eigenvalue weighted by molar-refractivity contribution is 7.89. The molecule has 2 aromatic carbocycles. The third kappa shape index (κ3) is 5.51. The lowest BCUT2D eigenvalue weighted by Gasteiger charge is -2.36. The highest BCUT2D eigenvalue weighted by atomic mass is 32.2. The number of halogens is 2. The minimum absolute atomic E-state index is 0.121. The summed E-state index contributed by atoms with van der Waals surface area (Å²) < 4.78 is 54.1. The van der Waals surface area contributed by atoms with E-state index in [2.05, 4.69) is 15.1 Å². The van der Waals surface area contributed by atoms with Crippen molar-refractivity contribution in [2.24, 2.45) is 0 Å². The number of benzene rings is 2. The van der Waals surface area contributed by atoms with Crippen LogP contribution < -0.4 is 10.2 Å². The van der Waals surface area contributed by atoms with Gasteiger partial charge in [0.1, 0.15) is 16.5 Å². The van der Waals surface area contributed by atoms with Crippen LogP contribution in [0, 0.1) is 11.6 Å². The number of nitrogens with one attached hydrogen (secondary N) is 1. The summed E-state index contributed by atoms with van der Waals surface area (Å²) in [4.78, 5) is 16.5. The van der Waals surface area contributed by atoms with Gasteiger partial charge in [0, 0.05) is 63.6 Å². The molecular formula is C23H28F2N4O3S. The summed E-state index contributed by atoms with van der Waals surface area (Å²) in [5.41, 5.74) is 1.11. The molecule has 2 saturated heterocycles. The number of sulfonamides is 1. The van der Waals surface area contributed by atoms with Gasteiger partial charge in [-0.05, 0) is 55.3 Å². The van der Waals surface area contributed by atoms with Gasteiger partial charge in [0.15, 0.2) is 0 Å². The summed E-state index contributed by atoms with van der Waals surface area (Å²) in [6.45, 7) is 4.98. The molecule has 10 heteroatoms. The van der Waals surface area contributed by atoms with Gasteiger partial charge in [0.25, 0.3) is 5.91 Å². The molecule has 33 heavy (non-hydrogen) atoms. The number of carbonyl (C=O) groups excluding carboxylic acids is 1. The fourth-order valence-electron chi connectivity index (χ4n) is 4.22. The van der Waals surface area contributed by atoms with E-state index in [1.807, 2.05) is 0 Å². The van der Waals surface area contributed by atoms with Crippen molar-refractivity contribution < 1.29 is 22.0 Å². The second kappa shape index (κ2) is 10.1. The molecule has 0 spiro atoms. The van der Waals surface area contributed by atoms with Crippen molar-refractivity contribution in [3.63, 3.8) is 0 Å². The molecule has 2 heterocycles. The van der Waals surface area contributed by atoms with Crippen LogP contribution in [0.25, 0.3) is 0 Å². The molecular weight excluding hydrogens is 450 g/mol. The molecule has 0 aromatic heterocycles. The first-order valence-electron chi connectivity index (χ1n) is 11.2. The Morgan fingerprint density at radius 2 is 1.58 bits per heavy atom. The van der Waals surface area contributed by atoms with E-state index in [9.17, 15) is 22.0 Å². The zero-order chi connectivity index (χ0) is 23.4. The maximum Gasteiger partial charge on any atom is 0.251 e. The standard InChI is InChI=1S/C23H28F2N4O3S/c24-19-4-6-20(7-5-19)28-15-13-27(14-16-28)12-9-26-23(30)18-3-8-21(25)22(17-18)33(31,32)29-10-1-2-11-29/h3-8,17H,1-2,9-16H2,(H,26,30). The fourth-order valence-corrected chi connectivity index (χ4v) is 5.83. The number of nitrogens with zero attached hydrogens (tertiary/aromatic N) is 3. The van der Waals surface area contributed by atoms with Crippen molar-refractivity contribution in [3.8, 4) is 0 Å². The normalized spacial score (nSPS) is 17.9. The van der Waals surface area contributed by atoms with Gasteiger partial charge in [-0.25, -0.2) is 17.2 Å². The van der Waals surface area contributed by atoms with Crippen LogP contribution in [0.2, 0.25) is 0 Å². The molecule has 2 aliphatic heterocycles. The van der Waals surface area contributed by atoms with Gasteiger partial charge >= 0.3 is 0 Å². The second-order valence-electron chi connectivity index (χ2n) is 8.32. The number of rotatable bonds is 7. The van der Waals surface area contributed by atoms with Gasteiger partial charge in [-0.2, -0.15) is 4.31 Å². The van der Waals surface area contributed by atoms with Crippen molar-refractivity contribution >= 4 is 21.6 Å². The first kappa shape index (κ1) is 23.6. The Morgan fingerprint density at radius 1 is 0.909 bits per heavy atom. The van der Waals surface area contributed by atoms with Crippen molar-refractivity contribution in [3.05, 3.63) is 59.7 Å². The Labute approximate surface area is 193 Å². The Bertz CT molecular complexity index is 1080. The van der Waals surface area contributed by atoms with Crippen LogP contribution in [0.5, 0.6) is 0 Å². The molecule has 0 atom stereocenters. The maximum atomic E-state index is 14.3. The lowest BCUT2D eigenvalue weighted by molar-refractivity contribution is 0.0947. The van der Waals surface area contributed by atoms with E-state index in [0.717, 1.165) is 56.8 Å². The Kier molecular flexibility index (Phi) is 7.26. The fraction of sp³-hybridized carbons (Fsp3) is 0.435. The van der Waals surface area contributed by atoms with Crippen LogP contribution in [0.15, 0.2) is 47.4 Å². The monoisotopic (exact) mass is 478 g/mol. The Hall–Kier alpha value is -2.56. The zero-order valence-corrected chi connectivity index (χ0v) is 19.2. The highest BCUT2D eigenvalue weighted by Crippen LogP contribution is 2.24. The summed E-state index contributed by atoms with van der Waals surface area (Å²) in [6, 6.07) is 9.91. The van der Waals surface area contributed by atoms with Crippen molar-refractivity contribution in [2.45, 2.75) is 17.7 Å². The number of carbonyl (C=O) groups is 1. The molecule has 1 N–H and O–H groups in total. The molecule has 2 aromatic rings. The topological polar surface area (TPSA) is 73.0 Å². The van der Waals surface area contributed by atoms with Crippen molar-refractivity contribution in [1.82, 2.24) is 14.5 Å². The maximum absolute atomic E-state index is 14.3. The molecule has 7 nitrogen and oxygen atoms in total. The van der Waals surface area contributed by atoms with E-state index in [-0.39, 0.29) is 11.4 Å². The number of piperazine rings is 1. The summed E-state index contributed by atoms with van der Waals surface area (Å²) >= 11 is 0. The van der Waals surface area contributed by atoms with E-state index >= 15 is 0 Å². The summed E-state index contributed by atoms with van der Waals surface area (Å²) in [6.07, 6.45) is 1.50. The van der Waals surface area contributed by atoms with Crippen LogP contribution in [0.4, 0.5) is 14.5 Å². The third-order valence-corrected chi connectivity index (χ3v) is 8.07. The molecule has 0 unspecified atom stereocenters. The molecule has 0 saturated carbocycles. The van der Waals surface area contributed by atoms with Gasteiger partial charge in [-0.15, -0.1) is 0 Å². The summed E-state index contributed by atoms with van der Waals surface area (Å²) in [5, 5.41) is 2.80. The van der Waals surface area contributed by atoms with Crippen LogP contribution in [-0.4, -0.2) is 75.9 Å². The number of hydrogen-bond acceptors (Lipinski definition) is 5. The summed E-state index contributed by atoms with van der Waals surface area (Å²) in [7, 11) is -3.95. The molecule has 0 aliphatic carbocycles. The van der Waals surface area contributed by atoms with Gasteiger partial charge < -0.3 is 10.2 Å². The first-order chi connectivity index (χ1) is 15.8. The molecule has 2 aliphatic rings. The lowest BCUT2D eigenvalue weighted by Crippen LogP contribution is -2.48. The van der Waals surface area contributed by atoms with Crippen molar-refractivity contribution in [2.75, 3.05) is 57.3 Å². The number of amides is 1. The third-order valence-electron chi connectivity index (χ3n) is 6.15. The minimum atomic E-state index is -3.95. The average molecular weight is 479 g/mol. The molecule has 2 fully saturated rings. The zero-order valence-electron chi connectivity index (χ0n) is 18.3. The summed E-state index contributed by atoms with van der Waals surface area (Å²) in [5.74, 6) is -1.54. The van der Waals surface area contributed by atoms with Gasteiger partial charge in [0.2, 0.25) is 10.0 Å². The minimum Gasteiger partial charge on any atom is -0.369 e. The second-order valence-corrected chi connectivity index (χ2v) is 10.2. The average Bonchev–Trinajstić information content (AvgIpc) is 3.36. The largest absolute Gasteiger partial charge is 0.369 e. The van der Waals surface area contributed by atoms with Crippen molar-refractivity contribution in [1.29, 1.82) is 0 Å². The quantitative estimate of drug-likeness (QED) is 0.661. The molecule has 4 rings (SSSR count). The van der Waals surface area contributed by atoms with Gasteiger partial charge in [0.05, 0.1) is 0 Å². The molecule has 0 radical (unpaired) electrons. The van der Waals surface area contributed by atoms with E-state index in [1.165, 1.54) is 22.5 Å². The molecule has 1 amide bonds. The number of anilines is 1. The molecule has 178 valence electrons. The smallest absolute Gasteiger partial charge is 0.251 e. The van der Waals surface area contributed by atoms with E-state index in [0.29, 0.717) is 26.2 Å². The van der Waals surface area contributed by atoms with Gasteiger partial charge in [-0.1, -0.05) is 0 Å². The van der Waals surface area contributed by atoms with Crippen LogP contribution in [0.1, 0.15) is 23.2 Å². The Morgan fingerprint density at radius 3 is 2.24 bits per heavy atom. The van der Waals surface area contributed by atoms with E-state index < -0.39 is 26.6 Å². The van der Waals surface area contributed by atoms with Crippen LogP contribution in [-0.2, 0) is 10.0 Å². The molecule has 0 bridgehead atoms. The van der Waals surface area contributed by atoms with E-state index in [1.54, 1.807) is 12.1 Å². The Balaban J connectivity index is 1.28. The van der Waals surface area contributed by atoms with E-state index in [4.69, 9.17) is 0 Å². The van der Waals surface area contributed by atoms with Crippen LogP contribution in [0.3, 0.4) is 0 Å². The SMILES string of the molecule is O=C(NCCN1CCN(c2ccc(F)cc2)CC1)c1ccc(F)c(S(=O)(=O)N2CCCC2)c1. The predicted molar refractivity (Wildman–Crippen MR) is 122 cm³/mol.